The minimum absolute atomic E-state index is 0.142. The van der Waals surface area contributed by atoms with Crippen LogP contribution in [-0.4, -0.2) is 0 Å². The molecule has 9 rings (SSSR count). The zero-order valence-electron chi connectivity index (χ0n) is 20.1. The summed E-state index contributed by atoms with van der Waals surface area (Å²) in [5.74, 6) is 0.328. The molecule has 0 amide bonds. The maximum atomic E-state index is 2.40. The summed E-state index contributed by atoms with van der Waals surface area (Å²) in [6.07, 6.45) is 2.06. The highest BCUT2D eigenvalue weighted by atomic mass is 14.5. The molecule has 0 atom stereocenters. The van der Waals surface area contributed by atoms with Crippen molar-refractivity contribution in [3.63, 3.8) is 0 Å². The third kappa shape index (κ3) is 2.54. The predicted octanol–water partition coefficient (Wildman–Crippen LogP) is 8.77. The van der Waals surface area contributed by atoms with Gasteiger partial charge in [0.05, 0.1) is 0 Å². The van der Waals surface area contributed by atoms with Gasteiger partial charge in [-0.25, -0.2) is 0 Å². The zero-order valence-corrected chi connectivity index (χ0v) is 20.1. The number of fused-ring (bicyclic) bond motifs is 2. The Morgan fingerprint density at radius 3 is 1.39 bits per heavy atom. The van der Waals surface area contributed by atoms with Crippen molar-refractivity contribution < 1.29 is 0 Å². The van der Waals surface area contributed by atoms with Crippen LogP contribution in [0.1, 0.15) is 51.3 Å². The van der Waals surface area contributed by atoms with Crippen molar-refractivity contribution in [1.82, 2.24) is 0 Å². The summed E-state index contributed by atoms with van der Waals surface area (Å²) >= 11 is 0. The van der Waals surface area contributed by atoms with E-state index in [1.807, 2.05) is 0 Å². The van der Waals surface area contributed by atoms with Crippen molar-refractivity contribution in [2.24, 2.45) is 0 Å². The summed E-state index contributed by atoms with van der Waals surface area (Å²) in [5, 5.41) is 5.42. The fourth-order valence-electron chi connectivity index (χ4n) is 7.44. The van der Waals surface area contributed by atoms with Crippen molar-refractivity contribution in [2.75, 3.05) is 0 Å². The van der Waals surface area contributed by atoms with Crippen LogP contribution in [0.25, 0.3) is 21.5 Å². The van der Waals surface area contributed by atoms with Crippen LogP contribution in [-0.2, 0) is 11.8 Å². The van der Waals surface area contributed by atoms with Crippen molar-refractivity contribution in [1.29, 1.82) is 0 Å². The highest BCUT2D eigenvalue weighted by Crippen LogP contribution is 2.60. The number of hydrogen-bond donors (Lipinski definition) is 0. The molecular weight excluding hydrogens is 432 g/mol. The van der Waals surface area contributed by atoms with Gasteiger partial charge in [0.1, 0.15) is 0 Å². The molecule has 3 aliphatic carbocycles. The molecule has 0 radical (unpaired) electrons. The second-order valence-electron chi connectivity index (χ2n) is 10.4. The number of rotatable bonds is 3. The highest BCUT2D eigenvalue weighted by molar-refractivity contribution is 6.02. The van der Waals surface area contributed by atoms with Crippen molar-refractivity contribution in [2.45, 2.75) is 24.2 Å². The quantitative estimate of drug-likeness (QED) is 0.233. The molecule has 0 unspecified atom stereocenters. The molecule has 2 bridgehead atoms. The fraction of sp³-hybridized carbons (Fsp3) is 0.111. The summed E-state index contributed by atoms with van der Waals surface area (Å²) in [4.78, 5) is 0. The summed E-state index contributed by atoms with van der Waals surface area (Å²) < 4.78 is 0. The van der Waals surface area contributed by atoms with E-state index >= 15 is 0 Å². The largest absolute Gasteiger partial charge is 0.0619 e. The Bertz CT molecular complexity index is 1640. The van der Waals surface area contributed by atoms with E-state index in [0.717, 1.165) is 12.8 Å². The molecule has 0 aromatic heterocycles. The lowest BCUT2D eigenvalue weighted by Crippen LogP contribution is -2.42. The summed E-state index contributed by atoms with van der Waals surface area (Å²) in [5.41, 5.74) is 10.3. The van der Waals surface area contributed by atoms with Crippen LogP contribution in [0.4, 0.5) is 0 Å². The highest BCUT2D eigenvalue weighted by Gasteiger charge is 2.50. The van der Waals surface area contributed by atoms with E-state index in [0.29, 0.717) is 5.92 Å². The van der Waals surface area contributed by atoms with Crippen LogP contribution in [0.15, 0.2) is 127 Å². The van der Waals surface area contributed by atoms with Crippen molar-refractivity contribution >= 4 is 21.5 Å². The van der Waals surface area contributed by atoms with Crippen LogP contribution in [0.2, 0.25) is 0 Å². The van der Waals surface area contributed by atoms with Gasteiger partial charge in [0, 0.05) is 11.3 Å². The van der Waals surface area contributed by atoms with Crippen molar-refractivity contribution in [3.05, 3.63) is 166 Å². The lowest BCUT2D eigenvalue weighted by Gasteiger charge is -2.51. The van der Waals surface area contributed by atoms with Crippen LogP contribution in [0.3, 0.4) is 0 Å². The van der Waals surface area contributed by atoms with E-state index in [1.54, 1.807) is 0 Å². The number of benzene rings is 6. The Hall–Kier alpha value is -4.16. The number of hydrogen-bond acceptors (Lipinski definition) is 0. The fourth-order valence-corrected chi connectivity index (χ4v) is 7.44. The normalized spacial score (nSPS) is 19.2. The third-order valence-electron chi connectivity index (χ3n) is 8.83. The molecule has 0 spiro atoms. The predicted molar refractivity (Wildman–Crippen MR) is 150 cm³/mol. The lowest BCUT2D eigenvalue weighted by molar-refractivity contribution is 0.505. The Balaban J connectivity index is 1.40. The molecular formula is C36H26. The van der Waals surface area contributed by atoms with E-state index in [2.05, 4.69) is 127 Å². The summed E-state index contributed by atoms with van der Waals surface area (Å²) in [6, 6.07) is 47.8. The van der Waals surface area contributed by atoms with Gasteiger partial charge in [0.15, 0.2) is 0 Å². The van der Waals surface area contributed by atoms with Gasteiger partial charge in [-0.15, -0.1) is 0 Å². The summed E-state index contributed by atoms with van der Waals surface area (Å²) in [7, 11) is 0. The summed E-state index contributed by atoms with van der Waals surface area (Å²) in [6.45, 7) is 0. The van der Waals surface area contributed by atoms with E-state index in [4.69, 9.17) is 0 Å². The first-order valence-corrected chi connectivity index (χ1v) is 13.0. The Labute approximate surface area is 211 Å². The molecule has 0 fully saturated rings. The minimum Gasteiger partial charge on any atom is -0.0619 e. The molecule has 0 heterocycles. The van der Waals surface area contributed by atoms with Gasteiger partial charge in [0.2, 0.25) is 0 Å². The third-order valence-corrected chi connectivity index (χ3v) is 8.83. The monoisotopic (exact) mass is 458 g/mol. The maximum Gasteiger partial charge on any atom is 0.0463 e. The van der Waals surface area contributed by atoms with Crippen LogP contribution in [0.5, 0.6) is 0 Å². The molecule has 0 nitrogen and oxygen atoms in total. The van der Waals surface area contributed by atoms with Gasteiger partial charge in [-0.05, 0) is 79.4 Å². The van der Waals surface area contributed by atoms with Gasteiger partial charge >= 0.3 is 0 Å². The molecule has 6 aromatic carbocycles. The molecule has 0 heteroatoms. The first-order valence-electron chi connectivity index (χ1n) is 13.0. The van der Waals surface area contributed by atoms with Gasteiger partial charge in [0.25, 0.3) is 0 Å². The maximum absolute atomic E-state index is 2.40. The van der Waals surface area contributed by atoms with Crippen LogP contribution < -0.4 is 0 Å². The SMILES string of the molecule is c1ccc2c(c1)C1c3ccccc3C2(CCc2c3ccccc3cc3ccccc23)c2ccccc21. The standard InChI is InChI=1S/C36H26/c1-3-13-26-24(11-1)23-25-12-2-4-14-27(25)28(26)21-22-36-32-18-8-5-15-29(32)35(30-16-6-9-19-33(30)36)31-17-7-10-20-34(31)36/h1-20,23,35H,21-22H2. The molecule has 170 valence electrons. The van der Waals surface area contributed by atoms with Crippen LogP contribution in [0, 0.1) is 0 Å². The zero-order chi connectivity index (χ0) is 23.7. The molecule has 0 aliphatic heterocycles. The van der Waals surface area contributed by atoms with Gasteiger partial charge in [-0.1, -0.05) is 121 Å². The van der Waals surface area contributed by atoms with E-state index in [-0.39, 0.29) is 5.41 Å². The molecule has 6 aromatic rings. The van der Waals surface area contributed by atoms with E-state index < -0.39 is 0 Å². The Kier molecular flexibility index (Phi) is 4.14. The molecule has 0 N–H and O–H groups in total. The van der Waals surface area contributed by atoms with Crippen molar-refractivity contribution in [3.8, 4) is 0 Å². The number of aryl methyl sites for hydroxylation is 1. The van der Waals surface area contributed by atoms with Gasteiger partial charge < -0.3 is 0 Å². The Morgan fingerprint density at radius 2 is 0.889 bits per heavy atom. The molecule has 36 heavy (non-hydrogen) atoms. The topological polar surface area (TPSA) is 0 Å². The molecule has 0 saturated heterocycles. The second-order valence-corrected chi connectivity index (χ2v) is 10.4. The first-order chi connectivity index (χ1) is 17.9. The minimum atomic E-state index is -0.142. The van der Waals surface area contributed by atoms with Gasteiger partial charge in [-0.3, -0.25) is 0 Å². The van der Waals surface area contributed by atoms with Gasteiger partial charge in [-0.2, -0.15) is 0 Å². The lowest BCUT2D eigenvalue weighted by atomic mass is 9.51. The molecule has 3 aliphatic rings. The average Bonchev–Trinajstić information content (AvgIpc) is 2.95. The smallest absolute Gasteiger partial charge is 0.0463 e. The van der Waals surface area contributed by atoms with Crippen LogP contribution >= 0.6 is 0 Å². The average molecular weight is 459 g/mol. The van der Waals surface area contributed by atoms with E-state index in [1.165, 1.54) is 60.5 Å². The first kappa shape index (κ1) is 20.1. The Morgan fingerprint density at radius 1 is 0.472 bits per heavy atom. The second kappa shape index (κ2) is 7.42. The molecule has 0 saturated carbocycles. The van der Waals surface area contributed by atoms with E-state index in [9.17, 15) is 0 Å².